The highest BCUT2D eigenvalue weighted by atomic mass is 15.3. The van der Waals surface area contributed by atoms with Crippen LogP contribution in [-0.2, 0) is 0 Å². The maximum atomic E-state index is 4.58. The smallest absolute Gasteiger partial charge is 0.221 e. The summed E-state index contributed by atoms with van der Waals surface area (Å²) in [5.74, 6) is 1.55. The van der Waals surface area contributed by atoms with Crippen molar-refractivity contribution in [3.63, 3.8) is 0 Å². The molecule has 0 atom stereocenters. The van der Waals surface area contributed by atoms with E-state index in [1.54, 1.807) is 0 Å². The maximum absolute atomic E-state index is 4.58. The van der Waals surface area contributed by atoms with E-state index in [4.69, 9.17) is 0 Å². The molecule has 5 heteroatoms. The minimum absolute atomic E-state index is 0.713. The summed E-state index contributed by atoms with van der Waals surface area (Å²) in [6, 6.07) is 10.1. The Morgan fingerprint density at radius 1 is 1.32 bits per heavy atom. The summed E-state index contributed by atoms with van der Waals surface area (Å²) < 4.78 is 0. The van der Waals surface area contributed by atoms with E-state index in [1.807, 2.05) is 30.3 Å². The van der Waals surface area contributed by atoms with Crippen LogP contribution >= 0.6 is 0 Å². The van der Waals surface area contributed by atoms with Gasteiger partial charge in [0.2, 0.25) is 11.9 Å². The van der Waals surface area contributed by atoms with Gasteiger partial charge in [0.1, 0.15) is 0 Å². The molecule has 0 unspecified atom stereocenters. The molecule has 0 radical (unpaired) electrons. The zero-order chi connectivity index (χ0) is 13.5. The molecule has 1 heterocycles. The molecule has 1 aliphatic heterocycles. The van der Waals surface area contributed by atoms with Gasteiger partial charge in [-0.2, -0.15) is 4.99 Å². The third-order valence-corrected chi connectivity index (χ3v) is 2.96. The molecule has 19 heavy (non-hydrogen) atoms. The average Bonchev–Trinajstić information content (AvgIpc) is 2.94. The normalized spacial score (nSPS) is 14.8. The van der Waals surface area contributed by atoms with Crippen LogP contribution in [0.4, 0.5) is 5.69 Å². The first-order valence-corrected chi connectivity index (χ1v) is 6.77. The van der Waals surface area contributed by atoms with Gasteiger partial charge in [-0.1, -0.05) is 18.2 Å². The fraction of sp³-hybridized carbons (Fsp3) is 0.429. The van der Waals surface area contributed by atoms with Gasteiger partial charge >= 0.3 is 0 Å². The summed E-state index contributed by atoms with van der Waals surface area (Å²) in [5, 5.41) is 6.53. The fourth-order valence-corrected chi connectivity index (χ4v) is 1.91. The van der Waals surface area contributed by atoms with Crippen LogP contribution in [0.1, 0.15) is 13.8 Å². The predicted molar refractivity (Wildman–Crippen MR) is 80.7 cm³/mol. The van der Waals surface area contributed by atoms with Crippen LogP contribution < -0.4 is 10.6 Å². The maximum Gasteiger partial charge on any atom is 0.221 e. The average molecular weight is 259 g/mol. The quantitative estimate of drug-likeness (QED) is 0.642. The molecule has 2 N–H and O–H groups in total. The van der Waals surface area contributed by atoms with Crippen LogP contribution in [-0.4, -0.2) is 43.0 Å². The molecule has 1 aromatic carbocycles. The van der Waals surface area contributed by atoms with E-state index in [0.29, 0.717) is 5.96 Å². The molecule has 0 spiro atoms. The van der Waals surface area contributed by atoms with Crippen molar-refractivity contribution in [1.29, 1.82) is 0 Å². The molecular weight excluding hydrogens is 238 g/mol. The summed E-state index contributed by atoms with van der Waals surface area (Å²) in [4.78, 5) is 11.1. The second-order valence-corrected chi connectivity index (χ2v) is 4.23. The van der Waals surface area contributed by atoms with Gasteiger partial charge in [0.15, 0.2) is 0 Å². The first-order chi connectivity index (χ1) is 9.33. The van der Waals surface area contributed by atoms with Crippen LogP contribution in [0.2, 0.25) is 0 Å². The molecule has 0 aromatic heterocycles. The summed E-state index contributed by atoms with van der Waals surface area (Å²) in [6.07, 6.45) is 0. The Bertz CT molecular complexity index is 448. The van der Waals surface area contributed by atoms with Gasteiger partial charge in [-0.15, -0.1) is 0 Å². The Morgan fingerprint density at radius 3 is 2.63 bits per heavy atom. The molecule has 2 rings (SSSR count). The van der Waals surface area contributed by atoms with Crippen molar-refractivity contribution < 1.29 is 0 Å². The highest BCUT2D eigenvalue weighted by Crippen LogP contribution is 2.07. The van der Waals surface area contributed by atoms with Crippen LogP contribution in [0, 0.1) is 0 Å². The first kappa shape index (κ1) is 13.4. The summed E-state index contributed by atoms with van der Waals surface area (Å²) in [7, 11) is 0. The summed E-state index contributed by atoms with van der Waals surface area (Å²) in [6.45, 7) is 7.72. The molecule has 1 aromatic rings. The minimum atomic E-state index is 0.713. The summed E-state index contributed by atoms with van der Waals surface area (Å²) in [5.41, 5.74) is 1.03. The Labute approximate surface area is 114 Å². The highest BCUT2D eigenvalue weighted by Gasteiger charge is 2.11. The Hall–Kier alpha value is -2.04. The van der Waals surface area contributed by atoms with Gasteiger partial charge < -0.3 is 15.5 Å². The van der Waals surface area contributed by atoms with Crippen molar-refractivity contribution in [2.75, 3.05) is 31.5 Å². The van der Waals surface area contributed by atoms with Crippen LogP contribution in [0.15, 0.2) is 40.3 Å². The second kappa shape index (κ2) is 6.78. The van der Waals surface area contributed by atoms with Crippen molar-refractivity contribution in [3.8, 4) is 0 Å². The van der Waals surface area contributed by atoms with Gasteiger partial charge in [-0.05, 0) is 26.0 Å². The number of rotatable bonds is 3. The molecule has 102 valence electrons. The number of hydrogen-bond acceptors (Lipinski definition) is 3. The van der Waals surface area contributed by atoms with Crippen molar-refractivity contribution in [1.82, 2.24) is 10.2 Å². The molecule has 0 fully saturated rings. The highest BCUT2D eigenvalue weighted by molar-refractivity contribution is 6.02. The van der Waals surface area contributed by atoms with Gasteiger partial charge in [0, 0.05) is 25.3 Å². The van der Waals surface area contributed by atoms with Gasteiger partial charge in [-0.25, -0.2) is 4.99 Å². The number of nitrogens with one attached hydrogen (secondary N) is 2. The van der Waals surface area contributed by atoms with E-state index in [1.165, 1.54) is 0 Å². The number of nitrogens with zero attached hydrogens (tertiary/aromatic N) is 3. The number of guanidine groups is 2. The van der Waals surface area contributed by atoms with Crippen molar-refractivity contribution in [2.45, 2.75) is 13.8 Å². The molecule has 0 aliphatic carbocycles. The second-order valence-electron chi connectivity index (χ2n) is 4.23. The number of hydrogen-bond donors (Lipinski definition) is 2. The number of anilines is 1. The van der Waals surface area contributed by atoms with E-state index >= 15 is 0 Å². The third kappa shape index (κ3) is 3.71. The lowest BCUT2D eigenvalue weighted by Gasteiger charge is -2.23. The first-order valence-electron chi connectivity index (χ1n) is 6.77. The lowest BCUT2D eigenvalue weighted by atomic mass is 10.3. The SMILES string of the molecule is CCN(CC)C(=NC1=NCCN1)Nc1ccccc1. The van der Waals surface area contributed by atoms with Crippen LogP contribution in [0.3, 0.4) is 0 Å². The predicted octanol–water partition coefficient (Wildman–Crippen LogP) is 1.76. The van der Waals surface area contributed by atoms with E-state index in [9.17, 15) is 0 Å². The topological polar surface area (TPSA) is 52.0 Å². The molecule has 1 aliphatic rings. The van der Waals surface area contributed by atoms with E-state index in [2.05, 4.69) is 39.4 Å². The molecule has 0 amide bonds. The Morgan fingerprint density at radius 2 is 2.05 bits per heavy atom. The molecule has 5 nitrogen and oxygen atoms in total. The molecule has 0 bridgehead atoms. The van der Waals surface area contributed by atoms with Gasteiger partial charge in [0.25, 0.3) is 0 Å². The van der Waals surface area contributed by atoms with Crippen molar-refractivity contribution in [3.05, 3.63) is 30.3 Å². The van der Waals surface area contributed by atoms with E-state index in [-0.39, 0.29) is 0 Å². The standard InChI is InChI=1S/C14H21N5/c1-3-19(4-2)14(18-13-15-10-11-16-13)17-12-8-6-5-7-9-12/h5-9H,3-4,10-11H2,1-2H3,(H2,15,16,17,18). The Balaban J connectivity index is 2.18. The lowest BCUT2D eigenvalue weighted by molar-refractivity contribution is 0.465. The number of para-hydroxylation sites is 1. The summed E-state index contributed by atoms with van der Waals surface area (Å²) >= 11 is 0. The number of benzene rings is 1. The zero-order valence-corrected chi connectivity index (χ0v) is 11.6. The number of aliphatic imine (C=N–C) groups is 2. The van der Waals surface area contributed by atoms with Crippen LogP contribution in [0.5, 0.6) is 0 Å². The van der Waals surface area contributed by atoms with E-state index < -0.39 is 0 Å². The fourth-order valence-electron chi connectivity index (χ4n) is 1.91. The minimum Gasteiger partial charge on any atom is -0.353 e. The van der Waals surface area contributed by atoms with E-state index in [0.717, 1.165) is 37.8 Å². The molecular formula is C14H21N5. The van der Waals surface area contributed by atoms with Gasteiger partial charge in [-0.3, -0.25) is 0 Å². The molecule has 0 saturated carbocycles. The van der Waals surface area contributed by atoms with Gasteiger partial charge in [0.05, 0.1) is 6.54 Å². The lowest BCUT2D eigenvalue weighted by Crippen LogP contribution is -2.37. The van der Waals surface area contributed by atoms with Crippen LogP contribution in [0.25, 0.3) is 0 Å². The largest absolute Gasteiger partial charge is 0.353 e. The monoisotopic (exact) mass is 259 g/mol. The zero-order valence-electron chi connectivity index (χ0n) is 11.6. The molecule has 0 saturated heterocycles. The third-order valence-electron chi connectivity index (χ3n) is 2.96. The van der Waals surface area contributed by atoms with Crippen molar-refractivity contribution >= 4 is 17.6 Å². The Kier molecular flexibility index (Phi) is 4.78. The van der Waals surface area contributed by atoms with Crippen molar-refractivity contribution in [2.24, 2.45) is 9.98 Å².